The highest BCUT2D eigenvalue weighted by Crippen LogP contribution is 2.27. The quantitative estimate of drug-likeness (QED) is 0.414. The van der Waals surface area contributed by atoms with E-state index in [2.05, 4.69) is 15.1 Å². The largest absolute Gasteiger partial charge is 0.495 e. The van der Waals surface area contributed by atoms with Gasteiger partial charge in [-0.1, -0.05) is 36.4 Å². The van der Waals surface area contributed by atoms with E-state index in [0.29, 0.717) is 17.1 Å². The number of carbonyl (C=O) groups excluding carboxylic acids is 1. The summed E-state index contributed by atoms with van der Waals surface area (Å²) >= 11 is 0. The Labute approximate surface area is 191 Å². The number of nitrogens with zero attached hydrogens (tertiary/aromatic N) is 2. The van der Waals surface area contributed by atoms with Crippen LogP contribution in [-0.2, 0) is 21.2 Å². The van der Waals surface area contributed by atoms with E-state index >= 15 is 0 Å². The summed E-state index contributed by atoms with van der Waals surface area (Å²) in [6.45, 7) is 0. The lowest BCUT2D eigenvalue weighted by molar-refractivity contribution is -0.115. The van der Waals surface area contributed by atoms with Gasteiger partial charge >= 0.3 is 0 Å². The third kappa shape index (κ3) is 5.39. The van der Waals surface area contributed by atoms with Crippen molar-refractivity contribution in [1.82, 2.24) is 9.78 Å². The third-order valence-corrected chi connectivity index (χ3v) is 6.16. The fourth-order valence-electron chi connectivity index (χ4n) is 3.24. The Morgan fingerprint density at radius 2 is 1.76 bits per heavy atom. The molecule has 0 aliphatic heterocycles. The Morgan fingerprint density at radius 3 is 2.55 bits per heavy atom. The maximum Gasteiger partial charge on any atom is 0.262 e. The van der Waals surface area contributed by atoms with Gasteiger partial charge in [-0.05, 0) is 48.0 Å². The summed E-state index contributed by atoms with van der Waals surface area (Å²) in [6, 6.07) is 22.4. The molecule has 0 unspecified atom stereocenters. The second-order valence-corrected chi connectivity index (χ2v) is 8.87. The molecule has 0 aliphatic rings. The van der Waals surface area contributed by atoms with E-state index in [1.54, 1.807) is 53.5 Å². The van der Waals surface area contributed by atoms with E-state index in [9.17, 15) is 13.2 Å². The SMILES string of the molecule is COc1ccccc1NS(=O)(=O)c1cccc(NC(=O)Cc2cnn(-c3ccccc3)c2)c1. The molecule has 9 heteroatoms. The van der Waals surface area contributed by atoms with Gasteiger partial charge in [0.2, 0.25) is 5.91 Å². The lowest BCUT2D eigenvalue weighted by Gasteiger charge is -2.12. The number of para-hydroxylation sites is 3. The normalized spacial score (nSPS) is 11.1. The zero-order chi connectivity index (χ0) is 23.3. The van der Waals surface area contributed by atoms with Crippen molar-refractivity contribution >= 4 is 27.3 Å². The molecular weight excluding hydrogens is 440 g/mol. The lowest BCUT2D eigenvalue weighted by Crippen LogP contribution is -2.16. The minimum absolute atomic E-state index is 0.0168. The van der Waals surface area contributed by atoms with Gasteiger partial charge in [-0.2, -0.15) is 5.10 Å². The number of hydrogen-bond donors (Lipinski definition) is 2. The van der Waals surface area contributed by atoms with Crippen LogP contribution in [0.4, 0.5) is 11.4 Å². The van der Waals surface area contributed by atoms with Crippen molar-refractivity contribution in [1.29, 1.82) is 0 Å². The molecule has 0 saturated carbocycles. The Hall–Kier alpha value is -4.11. The van der Waals surface area contributed by atoms with Crippen molar-refractivity contribution in [3.05, 3.63) is 96.8 Å². The number of nitrogens with one attached hydrogen (secondary N) is 2. The van der Waals surface area contributed by atoms with Crippen LogP contribution >= 0.6 is 0 Å². The number of hydrogen-bond acceptors (Lipinski definition) is 5. The topological polar surface area (TPSA) is 102 Å². The summed E-state index contributed by atoms with van der Waals surface area (Å²) in [7, 11) is -2.42. The van der Waals surface area contributed by atoms with Gasteiger partial charge in [0.05, 0.1) is 36.0 Å². The van der Waals surface area contributed by atoms with Crippen LogP contribution in [0.3, 0.4) is 0 Å². The van der Waals surface area contributed by atoms with Gasteiger partial charge in [0.1, 0.15) is 5.75 Å². The van der Waals surface area contributed by atoms with Gasteiger partial charge in [0.15, 0.2) is 0 Å². The molecule has 1 amide bonds. The van der Waals surface area contributed by atoms with Crippen molar-refractivity contribution in [3.8, 4) is 11.4 Å². The van der Waals surface area contributed by atoms with Gasteiger partial charge in [0, 0.05) is 11.9 Å². The molecule has 8 nitrogen and oxygen atoms in total. The molecule has 4 rings (SSSR count). The maximum atomic E-state index is 12.8. The predicted octanol–water partition coefficient (Wildman–Crippen LogP) is 3.86. The van der Waals surface area contributed by atoms with Gasteiger partial charge in [0.25, 0.3) is 10.0 Å². The van der Waals surface area contributed by atoms with Crippen molar-refractivity contribution in [2.45, 2.75) is 11.3 Å². The molecule has 0 saturated heterocycles. The minimum atomic E-state index is -3.89. The Morgan fingerprint density at radius 1 is 1.00 bits per heavy atom. The summed E-state index contributed by atoms with van der Waals surface area (Å²) in [4.78, 5) is 12.6. The van der Waals surface area contributed by atoms with Crippen LogP contribution in [0.5, 0.6) is 5.75 Å². The van der Waals surface area contributed by atoms with Crippen LogP contribution in [0.25, 0.3) is 5.69 Å². The fraction of sp³-hybridized carbons (Fsp3) is 0.0833. The minimum Gasteiger partial charge on any atom is -0.495 e. The molecule has 0 spiro atoms. The van der Waals surface area contributed by atoms with Gasteiger partial charge in [-0.3, -0.25) is 9.52 Å². The number of anilines is 2. The second kappa shape index (κ2) is 9.58. The van der Waals surface area contributed by atoms with Gasteiger partial charge in [-0.15, -0.1) is 0 Å². The summed E-state index contributed by atoms with van der Waals surface area (Å²) in [5, 5.41) is 7.03. The summed E-state index contributed by atoms with van der Waals surface area (Å²) in [5.41, 5.74) is 2.32. The molecule has 2 N–H and O–H groups in total. The van der Waals surface area contributed by atoms with E-state index in [-0.39, 0.29) is 17.2 Å². The molecule has 0 aliphatic carbocycles. The smallest absolute Gasteiger partial charge is 0.262 e. The maximum absolute atomic E-state index is 12.8. The molecule has 1 aromatic heterocycles. The fourth-order valence-corrected chi connectivity index (χ4v) is 4.35. The molecule has 0 radical (unpaired) electrons. The molecule has 3 aromatic carbocycles. The van der Waals surface area contributed by atoms with Crippen LogP contribution in [0.15, 0.2) is 96.2 Å². The number of ether oxygens (including phenoxy) is 1. The molecular formula is C24H22N4O4S. The highest BCUT2D eigenvalue weighted by molar-refractivity contribution is 7.92. The second-order valence-electron chi connectivity index (χ2n) is 7.19. The van der Waals surface area contributed by atoms with Gasteiger partial charge in [-0.25, -0.2) is 13.1 Å². The first kappa shape index (κ1) is 22.1. The van der Waals surface area contributed by atoms with Crippen LogP contribution in [0, 0.1) is 0 Å². The highest BCUT2D eigenvalue weighted by Gasteiger charge is 2.17. The van der Waals surface area contributed by atoms with Crippen LogP contribution < -0.4 is 14.8 Å². The first-order chi connectivity index (χ1) is 15.9. The molecule has 33 heavy (non-hydrogen) atoms. The highest BCUT2D eigenvalue weighted by atomic mass is 32.2. The summed E-state index contributed by atoms with van der Waals surface area (Å²) in [6.07, 6.45) is 3.51. The summed E-state index contributed by atoms with van der Waals surface area (Å²) in [5.74, 6) is 0.122. The Bertz CT molecular complexity index is 1370. The average molecular weight is 463 g/mol. The van der Waals surface area contributed by atoms with E-state index in [1.807, 2.05) is 30.3 Å². The number of carbonyl (C=O) groups is 1. The zero-order valence-electron chi connectivity index (χ0n) is 17.8. The summed E-state index contributed by atoms with van der Waals surface area (Å²) < 4.78 is 35.1. The zero-order valence-corrected chi connectivity index (χ0v) is 18.6. The van der Waals surface area contributed by atoms with E-state index in [1.165, 1.54) is 19.2 Å². The third-order valence-electron chi connectivity index (χ3n) is 4.80. The Balaban J connectivity index is 1.44. The molecule has 0 atom stereocenters. The van der Waals surface area contributed by atoms with Crippen molar-refractivity contribution in [2.24, 2.45) is 0 Å². The van der Waals surface area contributed by atoms with E-state index in [0.717, 1.165) is 11.3 Å². The number of aromatic nitrogens is 2. The van der Waals surface area contributed by atoms with Crippen molar-refractivity contribution < 1.29 is 17.9 Å². The van der Waals surface area contributed by atoms with E-state index < -0.39 is 10.0 Å². The number of sulfonamides is 1. The molecule has 0 fully saturated rings. The van der Waals surface area contributed by atoms with Crippen LogP contribution in [0.2, 0.25) is 0 Å². The average Bonchev–Trinajstić information content (AvgIpc) is 3.28. The Kier molecular flexibility index (Phi) is 6.41. The van der Waals surface area contributed by atoms with Crippen molar-refractivity contribution in [3.63, 3.8) is 0 Å². The molecule has 1 heterocycles. The van der Waals surface area contributed by atoms with Crippen LogP contribution in [0.1, 0.15) is 5.56 Å². The first-order valence-electron chi connectivity index (χ1n) is 10.1. The number of methoxy groups -OCH3 is 1. The molecule has 0 bridgehead atoms. The predicted molar refractivity (Wildman–Crippen MR) is 126 cm³/mol. The standard InChI is InChI=1S/C24H22N4O4S/c1-32-23-13-6-5-12-22(23)27-33(30,31)21-11-7-8-19(15-21)26-24(29)14-18-16-25-28(17-18)20-9-3-2-4-10-20/h2-13,15-17,27H,14H2,1H3,(H,26,29). The first-order valence-corrected chi connectivity index (χ1v) is 11.6. The van der Waals surface area contributed by atoms with Crippen molar-refractivity contribution in [2.75, 3.05) is 17.1 Å². The lowest BCUT2D eigenvalue weighted by atomic mass is 10.2. The van der Waals surface area contributed by atoms with Crippen LogP contribution in [-0.4, -0.2) is 31.2 Å². The molecule has 4 aromatic rings. The number of rotatable bonds is 8. The van der Waals surface area contributed by atoms with Gasteiger partial charge < -0.3 is 10.1 Å². The molecule has 168 valence electrons. The van der Waals surface area contributed by atoms with E-state index in [4.69, 9.17) is 4.74 Å². The number of amides is 1. The monoisotopic (exact) mass is 462 g/mol. The number of benzene rings is 3.